The zero-order valence-electron chi connectivity index (χ0n) is 26.7. The van der Waals surface area contributed by atoms with Crippen LogP contribution in [0, 0.1) is 0 Å². The van der Waals surface area contributed by atoms with Gasteiger partial charge in [-0.05, 0) is 87.6 Å². The van der Waals surface area contributed by atoms with Crippen molar-refractivity contribution in [2.45, 2.75) is 0 Å². The van der Waals surface area contributed by atoms with Crippen LogP contribution in [0.15, 0.2) is 163 Å². The molecule has 0 amide bonds. The molecule has 0 aliphatic rings. The molecule has 50 heavy (non-hydrogen) atoms. The lowest BCUT2D eigenvalue weighted by molar-refractivity contribution is 1.16. The molecule has 6 heteroatoms. The topological polar surface area (TPSA) is 13.1 Å². The Kier molecular flexibility index (Phi) is 6.16. The van der Waals surface area contributed by atoms with Crippen LogP contribution in [0.4, 0.5) is 16.4 Å². The first-order chi connectivity index (χ1) is 24.8. The molecule has 0 aliphatic heterocycles. The van der Waals surface area contributed by atoms with Gasteiger partial charge in [-0.25, -0.2) is 0 Å². The lowest BCUT2D eigenvalue weighted by Gasteiger charge is -2.23. The van der Waals surface area contributed by atoms with E-state index in [9.17, 15) is 0 Å². The molecule has 0 saturated carbocycles. The number of hydrogen-bond acceptors (Lipinski definition) is 4. The molecule has 11 aromatic rings. The first-order valence-corrected chi connectivity index (χ1v) is 19.2. The van der Waals surface area contributed by atoms with E-state index in [1.54, 1.807) is 0 Å². The maximum absolute atomic E-state index is 2.53. The summed E-state index contributed by atoms with van der Waals surface area (Å²) in [5.74, 6) is 0. The molecule has 0 bridgehead atoms. The Hall–Kier alpha value is -5.66. The Morgan fingerprint density at radius 1 is 0.400 bits per heavy atom. The van der Waals surface area contributed by atoms with Crippen molar-refractivity contribution in [1.29, 1.82) is 0 Å². The van der Waals surface area contributed by atoms with Gasteiger partial charge >= 0.3 is 0 Å². The Morgan fingerprint density at radius 3 is 1.52 bits per heavy atom. The van der Waals surface area contributed by atoms with Gasteiger partial charge in [0.25, 0.3) is 0 Å². The van der Waals surface area contributed by atoms with Crippen LogP contribution in [-0.2, 0) is 0 Å². The minimum Gasteiger partial charge on any atom is -0.306 e. The molecule has 3 nitrogen and oxygen atoms in total. The van der Waals surface area contributed by atoms with E-state index < -0.39 is 0 Å². The van der Waals surface area contributed by atoms with E-state index >= 15 is 0 Å². The molecule has 11 rings (SSSR count). The second-order valence-electron chi connectivity index (χ2n) is 12.6. The largest absolute Gasteiger partial charge is 0.306 e. The van der Waals surface area contributed by atoms with E-state index in [2.05, 4.69) is 177 Å². The van der Waals surface area contributed by atoms with E-state index in [1.807, 2.05) is 34.0 Å². The highest BCUT2D eigenvalue weighted by molar-refractivity contribution is 7.34. The van der Waals surface area contributed by atoms with Gasteiger partial charge in [-0.1, -0.05) is 97.1 Å². The summed E-state index contributed by atoms with van der Waals surface area (Å²) < 4.78 is 10.4. The van der Waals surface area contributed by atoms with Gasteiger partial charge in [-0.15, -0.1) is 34.0 Å². The minimum atomic E-state index is 1.15. The van der Waals surface area contributed by atoms with Crippen LogP contribution in [-0.4, -0.2) is 9.13 Å². The molecule has 236 valence electrons. The number of hydrogen-bond donors (Lipinski definition) is 0. The predicted octanol–water partition coefficient (Wildman–Crippen LogP) is 13.8. The van der Waals surface area contributed by atoms with Crippen LogP contribution in [0.5, 0.6) is 0 Å². The molecular formula is C44H27N3S3. The van der Waals surface area contributed by atoms with Crippen molar-refractivity contribution in [1.82, 2.24) is 9.13 Å². The molecule has 6 aromatic carbocycles. The standard InChI is InChI=1S/C44H27N3S3/c1-3-15-32(16-4-1)45(33-17-5-2-6-18-33)38-27-37-42(49-38)44-40(47(37)35-22-20-29-12-8-10-14-31(29)26-35)39-43(50-44)41-36(23-24-48-41)46(39)34-21-19-28-11-7-9-13-30(28)25-34/h1-27H. The van der Waals surface area contributed by atoms with Crippen molar-refractivity contribution in [3.63, 3.8) is 0 Å². The molecular weight excluding hydrogens is 667 g/mol. The Bertz CT molecular complexity index is 3010. The predicted molar refractivity (Wildman–Crippen MR) is 218 cm³/mol. The number of fused-ring (bicyclic) bond motifs is 9. The van der Waals surface area contributed by atoms with Gasteiger partial charge in [0.1, 0.15) is 5.00 Å². The molecule has 0 spiro atoms. The highest BCUT2D eigenvalue weighted by atomic mass is 32.1. The van der Waals surface area contributed by atoms with Crippen LogP contribution < -0.4 is 4.90 Å². The highest BCUT2D eigenvalue weighted by Gasteiger charge is 2.27. The smallest absolute Gasteiger partial charge is 0.103 e. The monoisotopic (exact) mass is 693 g/mol. The summed E-state index contributed by atoms with van der Waals surface area (Å²) in [4.78, 5) is 2.39. The number of rotatable bonds is 5. The number of para-hydroxylation sites is 2. The molecule has 0 fully saturated rings. The fourth-order valence-electron chi connectivity index (χ4n) is 7.56. The summed E-state index contributed by atoms with van der Waals surface area (Å²) in [5.41, 5.74) is 9.72. The average molecular weight is 694 g/mol. The third kappa shape index (κ3) is 4.13. The molecule has 0 unspecified atom stereocenters. The van der Waals surface area contributed by atoms with Crippen molar-refractivity contribution >= 4 is 113 Å². The van der Waals surface area contributed by atoms with Crippen LogP contribution in [0.2, 0.25) is 0 Å². The van der Waals surface area contributed by atoms with Crippen molar-refractivity contribution in [2.24, 2.45) is 0 Å². The zero-order valence-corrected chi connectivity index (χ0v) is 29.1. The van der Waals surface area contributed by atoms with E-state index in [0.717, 1.165) is 11.4 Å². The summed E-state index contributed by atoms with van der Waals surface area (Å²) in [6, 6.07) is 57.3. The summed E-state index contributed by atoms with van der Waals surface area (Å²) in [7, 11) is 0. The van der Waals surface area contributed by atoms with Gasteiger partial charge in [-0.3, -0.25) is 0 Å². The van der Waals surface area contributed by atoms with Crippen molar-refractivity contribution in [2.75, 3.05) is 4.90 Å². The summed E-state index contributed by atoms with van der Waals surface area (Å²) in [6.45, 7) is 0. The second kappa shape index (κ2) is 10.9. The fourth-order valence-corrected chi connectivity index (χ4v) is 11.2. The summed E-state index contributed by atoms with van der Waals surface area (Å²) >= 11 is 5.67. The quantitative estimate of drug-likeness (QED) is 0.175. The van der Waals surface area contributed by atoms with Gasteiger partial charge in [0.2, 0.25) is 0 Å². The van der Waals surface area contributed by atoms with Crippen molar-refractivity contribution < 1.29 is 0 Å². The van der Waals surface area contributed by atoms with Crippen LogP contribution >= 0.6 is 34.0 Å². The van der Waals surface area contributed by atoms with Gasteiger partial charge in [0.05, 0.1) is 40.9 Å². The molecule has 0 atom stereocenters. The van der Waals surface area contributed by atoms with E-state index in [0.29, 0.717) is 0 Å². The van der Waals surface area contributed by atoms with E-state index in [4.69, 9.17) is 0 Å². The summed E-state index contributed by atoms with van der Waals surface area (Å²) in [5, 5.41) is 8.42. The third-order valence-corrected chi connectivity index (χ3v) is 13.3. The van der Waals surface area contributed by atoms with Gasteiger partial charge in [-0.2, -0.15) is 0 Å². The maximum Gasteiger partial charge on any atom is 0.103 e. The lowest BCUT2D eigenvalue weighted by Crippen LogP contribution is -2.07. The van der Waals surface area contributed by atoms with Crippen molar-refractivity contribution in [3.8, 4) is 11.4 Å². The van der Waals surface area contributed by atoms with Crippen LogP contribution in [0.3, 0.4) is 0 Å². The lowest BCUT2D eigenvalue weighted by atomic mass is 10.1. The fraction of sp³-hybridized carbons (Fsp3) is 0. The van der Waals surface area contributed by atoms with Crippen molar-refractivity contribution in [3.05, 3.63) is 163 Å². The van der Waals surface area contributed by atoms with Gasteiger partial charge in [0.15, 0.2) is 0 Å². The third-order valence-electron chi connectivity index (χ3n) is 9.78. The zero-order chi connectivity index (χ0) is 32.8. The van der Waals surface area contributed by atoms with E-state index in [-0.39, 0.29) is 0 Å². The Morgan fingerprint density at radius 2 is 0.920 bits per heavy atom. The maximum atomic E-state index is 2.53. The van der Waals surface area contributed by atoms with Gasteiger partial charge in [0, 0.05) is 22.7 Å². The number of aromatic nitrogens is 2. The summed E-state index contributed by atoms with van der Waals surface area (Å²) in [6.07, 6.45) is 0. The highest BCUT2D eigenvalue weighted by Crippen LogP contribution is 2.52. The Balaban J connectivity index is 1.26. The van der Waals surface area contributed by atoms with Crippen LogP contribution in [0.1, 0.15) is 0 Å². The number of benzene rings is 6. The molecule has 0 N–H and O–H groups in total. The first-order valence-electron chi connectivity index (χ1n) is 16.7. The van der Waals surface area contributed by atoms with E-state index in [1.165, 1.54) is 78.8 Å². The number of nitrogens with zero attached hydrogens (tertiary/aromatic N) is 3. The minimum absolute atomic E-state index is 1.15. The molecule has 5 heterocycles. The van der Waals surface area contributed by atoms with Crippen LogP contribution in [0.25, 0.3) is 73.8 Å². The number of anilines is 3. The molecule has 0 aliphatic carbocycles. The Labute approximate surface area is 299 Å². The first kappa shape index (κ1) is 28.2. The second-order valence-corrected chi connectivity index (χ2v) is 15.6. The normalized spacial score (nSPS) is 12.0. The molecule has 0 saturated heterocycles. The average Bonchev–Trinajstić information content (AvgIpc) is 3.98. The number of thiophene rings is 3. The molecule has 5 aromatic heterocycles. The SMILES string of the molecule is c1ccc(N(c2ccccc2)c2cc3c(s2)c2sc4c5sccc5n(-c5ccc6ccccc6c5)c4c2n3-c2ccc3ccccc3c2)cc1. The van der Waals surface area contributed by atoms with Gasteiger partial charge < -0.3 is 14.0 Å². The molecule has 0 radical (unpaired) electrons.